The number of nitrogens with zero attached hydrogens (tertiary/aromatic N) is 5. The van der Waals surface area contributed by atoms with Crippen LogP contribution >= 0.6 is 0 Å². The smallest absolute Gasteiger partial charge is 0.234 e. The molecule has 37 heavy (non-hydrogen) atoms. The Balaban J connectivity index is 1.39. The van der Waals surface area contributed by atoms with Crippen molar-refractivity contribution in [1.29, 1.82) is 0 Å². The first-order valence-corrected chi connectivity index (χ1v) is 12.7. The van der Waals surface area contributed by atoms with Crippen LogP contribution in [0.25, 0.3) is 11.3 Å². The third-order valence-electron chi connectivity index (χ3n) is 6.68. The molecule has 3 atom stereocenters. The molecule has 0 radical (unpaired) electrons. The van der Waals surface area contributed by atoms with Crippen LogP contribution in [-0.2, 0) is 16.1 Å². The summed E-state index contributed by atoms with van der Waals surface area (Å²) in [5.74, 6) is 1.30. The van der Waals surface area contributed by atoms with Crippen LogP contribution in [0.1, 0.15) is 18.9 Å². The first kappa shape index (κ1) is 24.8. The standard InChI is InChI=1S/C27H32N8O2/c1-19(36)24-17-34-12-13-35(24)18-26(37)29-10-3-9-28-25-7-6-21(15-31-25)23-8-11-30-27(33-23)32-22-5-2-4-20(14-22)16-34/h2,4-8,11,14-15,24H,3,9-10,12-13,16-18H2,1H3,(H,28,31)(H,29,37)(H,30,32,33). The van der Waals surface area contributed by atoms with Gasteiger partial charge in [0.15, 0.2) is 0 Å². The lowest BCUT2D eigenvalue weighted by atomic mass is 10.1. The van der Waals surface area contributed by atoms with E-state index < -0.39 is 0 Å². The highest BCUT2D eigenvalue weighted by molar-refractivity contribution is 5.83. The van der Waals surface area contributed by atoms with E-state index in [0.29, 0.717) is 38.7 Å². The summed E-state index contributed by atoms with van der Waals surface area (Å²) < 4.78 is 0. The summed E-state index contributed by atoms with van der Waals surface area (Å²) in [7, 11) is 0. The van der Waals surface area contributed by atoms with E-state index in [0.717, 1.165) is 41.3 Å². The number of amides is 1. The van der Waals surface area contributed by atoms with Crippen LogP contribution in [0, 0.1) is 0 Å². The Morgan fingerprint density at radius 1 is 1.03 bits per heavy atom. The molecule has 3 N–H and O–H groups in total. The highest BCUT2D eigenvalue weighted by Crippen LogP contribution is 2.22. The number of hydrogen-bond acceptors (Lipinski definition) is 9. The van der Waals surface area contributed by atoms with E-state index in [4.69, 9.17) is 0 Å². The number of hydrogen-bond donors (Lipinski definition) is 3. The van der Waals surface area contributed by atoms with Crippen molar-refractivity contribution in [2.75, 3.05) is 49.9 Å². The third-order valence-corrected chi connectivity index (χ3v) is 6.68. The second-order valence-corrected chi connectivity index (χ2v) is 9.49. The Kier molecular flexibility index (Phi) is 7.67. The van der Waals surface area contributed by atoms with Crippen molar-refractivity contribution < 1.29 is 9.59 Å². The quantitative estimate of drug-likeness (QED) is 0.463. The number of carbonyl (C=O) groups is 2. The highest BCUT2D eigenvalue weighted by Gasteiger charge is 2.31. The van der Waals surface area contributed by atoms with Crippen LogP contribution in [-0.4, -0.2) is 81.8 Å². The number of rotatable bonds is 1. The summed E-state index contributed by atoms with van der Waals surface area (Å²) in [6.45, 7) is 5.84. The fraction of sp³-hybridized carbons (Fsp3) is 0.370. The van der Waals surface area contributed by atoms with Gasteiger partial charge in [-0.1, -0.05) is 12.1 Å². The van der Waals surface area contributed by atoms with Crippen molar-refractivity contribution in [2.24, 2.45) is 0 Å². The van der Waals surface area contributed by atoms with E-state index in [1.54, 1.807) is 19.3 Å². The maximum atomic E-state index is 12.6. The lowest BCUT2D eigenvalue weighted by Gasteiger charge is -2.40. The topological polar surface area (TPSA) is 115 Å². The first-order chi connectivity index (χ1) is 18.0. The second-order valence-electron chi connectivity index (χ2n) is 9.49. The normalized spacial score (nSPS) is 22.4. The number of anilines is 3. The van der Waals surface area contributed by atoms with Crippen molar-refractivity contribution in [3.05, 3.63) is 60.4 Å². The fourth-order valence-corrected chi connectivity index (χ4v) is 4.73. The van der Waals surface area contributed by atoms with E-state index in [2.05, 4.69) is 47.9 Å². The van der Waals surface area contributed by atoms with Gasteiger partial charge in [-0.15, -0.1) is 0 Å². The number of nitrogens with one attached hydrogen (secondary N) is 3. The van der Waals surface area contributed by atoms with E-state index in [1.807, 2.05) is 35.2 Å². The van der Waals surface area contributed by atoms with Gasteiger partial charge < -0.3 is 16.0 Å². The largest absolute Gasteiger partial charge is 0.370 e. The number of pyridine rings is 1. The number of ketones is 1. The summed E-state index contributed by atoms with van der Waals surface area (Å²) in [5.41, 5.74) is 3.69. The summed E-state index contributed by atoms with van der Waals surface area (Å²) in [5, 5.41) is 9.58. The van der Waals surface area contributed by atoms with Gasteiger partial charge in [-0.05, 0) is 49.2 Å². The van der Waals surface area contributed by atoms with Gasteiger partial charge in [-0.25, -0.2) is 15.0 Å². The first-order valence-electron chi connectivity index (χ1n) is 12.7. The summed E-state index contributed by atoms with van der Waals surface area (Å²) in [6, 6.07) is 13.6. The van der Waals surface area contributed by atoms with Gasteiger partial charge >= 0.3 is 0 Å². The molecular formula is C27H32N8O2. The van der Waals surface area contributed by atoms with Crippen molar-refractivity contribution >= 4 is 29.1 Å². The average Bonchev–Trinajstić information content (AvgIpc) is 2.89. The molecule has 5 aliphatic rings. The number of aromatic nitrogens is 3. The van der Waals surface area contributed by atoms with Crippen LogP contribution in [0.5, 0.6) is 0 Å². The minimum atomic E-state index is -0.297. The zero-order valence-electron chi connectivity index (χ0n) is 21.0. The van der Waals surface area contributed by atoms with Gasteiger partial charge in [0.25, 0.3) is 0 Å². The molecule has 3 aromatic rings. The maximum absolute atomic E-state index is 12.6. The Bertz CT molecular complexity index is 1250. The molecule has 8 bridgehead atoms. The lowest BCUT2D eigenvalue weighted by Crippen LogP contribution is -2.57. The Labute approximate surface area is 216 Å². The molecule has 0 aliphatic carbocycles. The van der Waals surface area contributed by atoms with Crippen LogP contribution in [0.4, 0.5) is 17.5 Å². The predicted octanol–water partition coefficient (Wildman–Crippen LogP) is 2.29. The van der Waals surface area contributed by atoms with Gasteiger partial charge in [0.2, 0.25) is 11.9 Å². The Hall–Kier alpha value is -3.89. The SMILES string of the molecule is CC(=O)C1CN2CCN1CC(=O)NCCCNc1ccc(cn1)-c1ccnc(n1)Nc1cccc(c1)C2. The minimum absolute atomic E-state index is 0.0535. The Morgan fingerprint density at radius 3 is 2.76 bits per heavy atom. The number of carbonyl (C=O) groups excluding carboxylic acids is 2. The molecule has 10 heteroatoms. The molecule has 192 valence electrons. The van der Waals surface area contributed by atoms with Gasteiger partial charge in [0.05, 0.1) is 18.3 Å². The molecule has 5 aliphatic heterocycles. The lowest BCUT2D eigenvalue weighted by molar-refractivity contribution is -0.128. The van der Waals surface area contributed by atoms with Gasteiger partial charge in [0.1, 0.15) is 11.6 Å². The van der Waals surface area contributed by atoms with Crippen molar-refractivity contribution in [1.82, 2.24) is 30.1 Å². The monoisotopic (exact) mass is 500 g/mol. The zero-order chi connectivity index (χ0) is 25.6. The predicted molar refractivity (Wildman–Crippen MR) is 142 cm³/mol. The summed E-state index contributed by atoms with van der Waals surface area (Å²) in [6.07, 6.45) is 4.28. The molecule has 3 unspecified atom stereocenters. The number of benzene rings is 1. The third kappa shape index (κ3) is 6.46. The summed E-state index contributed by atoms with van der Waals surface area (Å²) >= 11 is 0. The minimum Gasteiger partial charge on any atom is -0.370 e. The Morgan fingerprint density at radius 2 is 1.92 bits per heavy atom. The van der Waals surface area contributed by atoms with E-state index in [1.165, 1.54) is 0 Å². The van der Waals surface area contributed by atoms with Crippen LogP contribution in [0.15, 0.2) is 54.9 Å². The molecule has 1 aromatic carbocycles. The molecule has 1 amide bonds. The molecule has 1 saturated heterocycles. The molecule has 8 rings (SSSR count). The van der Waals surface area contributed by atoms with Gasteiger partial charge in [-0.2, -0.15) is 0 Å². The average molecular weight is 501 g/mol. The zero-order valence-corrected chi connectivity index (χ0v) is 21.0. The van der Waals surface area contributed by atoms with Gasteiger partial charge in [0, 0.05) is 62.9 Å². The van der Waals surface area contributed by atoms with Crippen LogP contribution < -0.4 is 16.0 Å². The van der Waals surface area contributed by atoms with Crippen molar-refractivity contribution in [2.45, 2.75) is 25.9 Å². The second kappa shape index (κ2) is 11.4. The van der Waals surface area contributed by atoms with Crippen molar-refractivity contribution in [3.8, 4) is 11.3 Å². The van der Waals surface area contributed by atoms with Gasteiger partial charge in [-0.3, -0.25) is 19.4 Å². The molecule has 1 fully saturated rings. The molecule has 0 spiro atoms. The molecular weight excluding hydrogens is 468 g/mol. The molecule has 10 nitrogen and oxygen atoms in total. The molecule has 7 heterocycles. The summed E-state index contributed by atoms with van der Waals surface area (Å²) in [4.78, 5) is 42.9. The van der Waals surface area contributed by atoms with E-state index in [9.17, 15) is 9.59 Å². The van der Waals surface area contributed by atoms with Crippen LogP contribution in [0.2, 0.25) is 0 Å². The van der Waals surface area contributed by atoms with E-state index in [-0.39, 0.29) is 24.3 Å². The highest BCUT2D eigenvalue weighted by atomic mass is 16.2. The van der Waals surface area contributed by atoms with Crippen molar-refractivity contribution in [3.63, 3.8) is 0 Å². The molecule has 0 saturated carbocycles. The van der Waals surface area contributed by atoms with Crippen LogP contribution in [0.3, 0.4) is 0 Å². The number of Topliss-reactive ketones (excluding diaryl/α,β-unsaturated/α-hetero) is 1. The maximum Gasteiger partial charge on any atom is 0.234 e. The molecule has 2 aromatic heterocycles. The fourth-order valence-electron chi connectivity index (χ4n) is 4.73. The van der Waals surface area contributed by atoms with E-state index >= 15 is 0 Å². The number of piperazine rings is 1.